The standard InChI is InChI=1S/C28H26N4O3/c1-20(2)27(33)35-19-34-24-15-13-22(14-16-24)18-26-30-25(17-21-9-5-3-6-10-21)31-28(32-26)29-23-11-7-4-8-12-23/h3-16H,1,17-19H2,2H3,(H,29,30,31,32). The minimum absolute atomic E-state index is 0.171. The van der Waals surface area contributed by atoms with Gasteiger partial charge in [-0.05, 0) is 42.3 Å². The molecule has 176 valence electrons. The molecule has 0 amide bonds. The van der Waals surface area contributed by atoms with Crippen LogP contribution in [0.1, 0.15) is 29.7 Å². The van der Waals surface area contributed by atoms with E-state index in [2.05, 4.69) is 34.0 Å². The summed E-state index contributed by atoms with van der Waals surface area (Å²) in [5.74, 6) is 1.97. The molecule has 0 spiro atoms. The number of carbonyl (C=O) groups is 1. The number of aromatic nitrogens is 3. The predicted octanol–water partition coefficient (Wildman–Crippen LogP) is 5.25. The van der Waals surface area contributed by atoms with Crippen molar-refractivity contribution in [1.29, 1.82) is 0 Å². The van der Waals surface area contributed by atoms with Crippen LogP contribution < -0.4 is 10.1 Å². The first-order valence-corrected chi connectivity index (χ1v) is 11.2. The fourth-order valence-corrected chi connectivity index (χ4v) is 3.27. The largest absolute Gasteiger partial charge is 0.457 e. The molecule has 0 saturated heterocycles. The molecule has 1 aromatic heterocycles. The Kier molecular flexibility index (Phi) is 7.81. The second-order valence-corrected chi connectivity index (χ2v) is 7.94. The van der Waals surface area contributed by atoms with Crippen LogP contribution in [0.3, 0.4) is 0 Å². The second kappa shape index (κ2) is 11.6. The van der Waals surface area contributed by atoms with Crippen molar-refractivity contribution in [3.8, 4) is 5.75 Å². The molecule has 1 N–H and O–H groups in total. The van der Waals surface area contributed by atoms with Gasteiger partial charge in [0.15, 0.2) is 0 Å². The number of para-hydroxylation sites is 1. The molecule has 0 aliphatic rings. The summed E-state index contributed by atoms with van der Waals surface area (Å²) < 4.78 is 10.4. The highest BCUT2D eigenvalue weighted by atomic mass is 16.7. The van der Waals surface area contributed by atoms with E-state index in [1.54, 1.807) is 6.92 Å². The van der Waals surface area contributed by atoms with Crippen LogP contribution in [0.15, 0.2) is 97.1 Å². The van der Waals surface area contributed by atoms with Crippen molar-refractivity contribution in [2.75, 3.05) is 12.1 Å². The SMILES string of the molecule is C=C(C)C(=O)OCOc1ccc(Cc2nc(Cc3ccccc3)nc(Nc3ccccc3)n2)cc1. The molecule has 7 heteroatoms. The van der Waals surface area contributed by atoms with Crippen LogP contribution in [-0.4, -0.2) is 27.7 Å². The molecule has 3 aromatic carbocycles. The van der Waals surface area contributed by atoms with Crippen LogP contribution >= 0.6 is 0 Å². The van der Waals surface area contributed by atoms with Gasteiger partial charge in [-0.2, -0.15) is 9.97 Å². The van der Waals surface area contributed by atoms with Crippen molar-refractivity contribution in [3.05, 3.63) is 120 Å². The number of rotatable bonds is 10. The first kappa shape index (κ1) is 23.6. The molecule has 0 radical (unpaired) electrons. The molecule has 0 aliphatic heterocycles. The lowest BCUT2D eigenvalue weighted by Gasteiger charge is -2.10. The molecule has 0 unspecified atom stereocenters. The average molecular weight is 467 g/mol. The lowest BCUT2D eigenvalue weighted by Crippen LogP contribution is -2.10. The van der Waals surface area contributed by atoms with Crippen LogP contribution in [0, 0.1) is 0 Å². The van der Waals surface area contributed by atoms with E-state index < -0.39 is 5.97 Å². The molecule has 4 aromatic rings. The van der Waals surface area contributed by atoms with E-state index in [1.807, 2.05) is 72.8 Å². The zero-order valence-electron chi connectivity index (χ0n) is 19.5. The van der Waals surface area contributed by atoms with Crippen LogP contribution in [-0.2, 0) is 22.4 Å². The highest BCUT2D eigenvalue weighted by molar-refractivity contribution is 5.86. The molecule has 1 heterocycles. The van der Waals surface area contributed by atoms with Gasteiger partial charge in [-0.3, -0.25) is 0 Å². The lowest BCUT2D eigenvalue weighted by atomic mass is 10.1. The fourth-order valence-electron chi connectivity index (χ4n) is 3.27. The van der Waals surface area contributed by atoms with Gasteiger partial charge < -0.3 is 14.8 Å². The molecule has 0 fully saturated rings. The van der Waals surface area contributed by atoms with Gasteiger partial charge in [-0.25, -0.2) is 9.78 Å². The number of carbonyl (C=O) groups excluding carboxylic acids is 1. The summed E-state index contributed by atoms with van der Waals surface area (Å²) in [6.45, 7) is 4.96. The summed E-state index contributed by atoms with van der Waals surface area (Å²) in [7, 11) is 0. The van der Waals surface area contributed by atoms with E-state index in [0.717, 1.165) is 16.8 Å². The maximum absolute atomic E-state index is 11.5. The van der Waals surface area contributed by atoms with E-state index in [9.17, 15) is 4.79 Å². The number of benzene rings is 3. The predicted molar refractivity (Wildman–Crippen MR) is 134 cm³/mol. The Bertz CT molecular complexity index is 1220. The minimum atomic E-state index is -0.484. The van der Waals surface area contributed by atoms with Crippen LogP contribution in [0.4, 0.5) is 11.6 Å². The Balaban J connectivity index is 1.48. The summed E-state index contributed by atoms with van der Waals surface area (Å²) in [6.07, 6.45) is 1.13. The van der Waals surface area contributed by atoms with E-state index in [4.69, 9.17) is 14.5 Å². The highest BCUT2D eigenvalue weighted by Crippen LogP contribution is 2.17. The zero-order valence-corrected chi connectivity index (χ0v) is 19.5. The minimum Gasteiger partial charge on any atom is -0.457 e. The van der Waals surface area contributed by atoms with Crippen molar-refractivity contribution in [2.45, 2.75) is 19.8 Å². The van der Waals surface area contributed by atoms with Gasteiger partial charge in [0.2, 0.25) is 12.7 Å². The normalized spacial score (nSPS) is 10.4. The summed E-state index contributed by atoms with van der Waals surface area (Å²) in [5.41, 5.74) is 3.38. The van der Waals surface area contributed by atoms with Gasteiger partial charge in [0, 0.05) is 24.1 Å². The van der Waals surface area contributed by atoms with E-state index in [0.29, 0.717) is 41.8 Å². The smallest absolute Gasteiger partial charge is 0.335 e. The molecule has 0 aliphatic carbocycles. The number of ether oxygens (including phenoxy) is 2. The third-order valence-electron chi connectivity index (χ3n) is 5.01. The van der Waals surface area contributed by atoms with Crippen molar-refractivity contribution in [2.24, 2.45) is 0 Å². The zero-order chi connectivity index (χ0) is 24.5. The third-order valence-corrected chi connectivity index (χ3v) is 5.01. The quantitative estimate of drug-likeness (QED) is 0.194. The Hall–Kier alpha value is -4.52. The first-order valence-electron chi connectivity index (χ1n) is 11.2. The molecule has 7 nitrogen and oxygen atoms in total. The molecule has 0 bridgehead atoms. The Labute approximate surface area is 204 Å². The van der Waals surface area contributed by atoms with E-state index >= 15 is 0 Å². The number of hydrogen-bond acceptors (Lipinski definition) is 7. The van der Waals surface area contributed by atoms with Crippen LogP contribution in [0.2, 0.25) is 0 Å². The molecule has 4 rings (SSSR count). The first-order chi connectivity index (χ1) is 17.0. The molecular formula is C28H26N4O3. The van der Waals surface area contributed by atoms with Gasteiger partial charge in [0.25, 0.3) is 0 Å². The fraction of sp³-hybridized carbons (Fsp3) is 0.143. The maximum Gasteiger partial charge on any atom is 0.335 e. The van der Waals surface area contributed by atoms with E-state index in [-0.39, 0.29) is 6.79 Å². The molecule has 35 heavy (non-hydrogen) atoms. The summed E-state index contributed by atoms with van der Waals surface area (Å²) in [4.78, 5) is 25.4. The van der Waals surface area contributed by atoms with Gasteiger partial charge in [0.05, 0.1) is 0 Å². The molecule has 0 saturated carbocycles. The molecule has 0 atom stereocenters. The van der Waals surface area contributed by atoms with E-state index in [1.165, 1.54) is 0 Å². The lowest BCUT2D eigenvalue weighted by molar-refractivity contribution is -0.145. The summed E-state index contributed by atoms with van der Waals surface area (Å²) in [6, 6.07) is 27.4. The van der Waals surface area contributed by atoms with Gasteiger partial charge >= 0.3 is 5.97 Å². The van der Waals surface area contributed by atoms with Crippen LogP contribution in [0.25, 0.3) is 0 Å². The maximum atomic E-state index is 11.5. The summed E-state index contributed by atoms with van der Waals surface area (Å²) >= 11 is 0. The Morgan fingerprint density at radius 1 is 0.800 bits per heavy atom. The van der Waals surface area contributed by atoms with Gasteiger partial charge in [-0.1, -0.05) is 67.2 Å². The second-order valence-electron chi connectivity index (χ2n) is 7.94. The number of hydrogen-bond donors (Lipinski definition) is 1. The topological polar surface area (TPSA) is 86.2 Å². The van der Waals surface area contributed by atoms with Gasteiger partial charge in [0.1, 0.15) is 17.4 Å². The van der Waals surface area contributed by atoms with Crippen molar-refractivity contribution >= 4 is 17.6 Å². The number of nitrogens with one attached hydrogen (secondary N) is 1. The van der Waals surface area contributed by atoms with Crippen LogP contribution in [0.5, 0.6) is 5.75 Å². The number of anilines is 2. The van der Waals surface area contributed by atoms with Crippen molar-refractivity contribution in [1.82, 2.24) is 15.0 Å². The Morgan fingerprint density at radius 2 is 1.37 bits per heavy atom. The highest BCUT2D eigenvalue weighted by Gasteiger charge is 2.10. The molecular weight excluding hydrogens is 440 g/mol. The number of nitrogens with zero attached hydrogens (tertiary/aromatic N) is 3. The number of esters is 1. The third kappa shape index (κ3) is 7.23. The summed E-state index contributed by atoms with van der Waals surface area (Å²) in [5, 5.41) is 3.28. The monoisotopic (exact) mass is 466 g/mol. The van der Waals surface area contributed by atoms with Crippen molar-refractivity contribution in [3.63, 3.8) is 0 Å². The van der Waals surface area contributed by atoms with Gasteiger partial charge in [-0.15, -0.1) is 0 Å². The van der Waals surface area contributed by atoms with Crippen molar-refractivity contribution < 1.29 is 14.3 Å². The average Bonchev–Trinajstić information content (AvgIpc) is 2.86. The Morgan fingerprint density at radius 3 is 1.97 bits per heavy atom.